The van der Waals surface area contributed by atoms with Gasteiger partial charge in [0.15, 0.2) is 0 Å². The zero-order valence-electron chi connectivity index (χ0n) is 25.1. The Morgan fingerprint density at radius 3 is 2.22 bits per heavy atom. The van der Waals surface area contributed by atoms with Crippen molar-refractivity contribution in [2.45, 2.75) is 116 Å². The van der Waals surface area contributed by atoms with Gasteiger partial charge in [0.2, 0.25) is 11.8 Å². The van der Waals surface area contributed by atoms with Crippen LogP contribution in [0, 0.1) is 5.92 Å². The molecule has 1 fully saturated rings. The van der Waals surface area contributed by atoms with E-state index in [9.17, 15) is 27.9 Å². The summed E-state index contributed by atoms with van der Waals surface area (Å²) in [6.45, 7) is 8.27. The van der Waals surface area contributed by atoms with Gasteiger partial charge in [0.1, 0.15) is 27.5 Å². The molecule has 0 heterocycles. The minimum atomic E-state index is -3.27. The Morgan fingerprint density at radius 2 is 1.63 bits per heavy atom. The molecule has 4 N–H and O–H groups in total. The Morgan fingerprint density at radius 1 is 1.00 bits per heavy atom. The summed E-state index contributed by atoms with van der Waals surface area (Å²) in [6, 6.07) is 6.58. The number of aliphatic hydroxyl groups excluding tert-OH is 1. The maximum atomic E-state index is 13.3. The summed E-state index contributed by atoms with van der Waals surface area (Å²) >= 11 is 0. The molecule has 0 bridgehead atoms. The Balaban J connectivity index is 2.10. The number of sulfone groups is 1. The minimum Gasteiger partial charge on any atom is -0.444 e. The summed E-state index contributed by atoms with van der Waals surface area (Å²) in [4.78, 5) is 39.0. The number of ether oxygens (including phenoxy) is 1. The molecule has 10 nitrogen and oxygen atoms in total. The maximum Gasteiger partial charge on any atom is 0.408 e. The quantitative estimate of drug-likeness (QED) is 0.258. The molecule has 0 radical (unpaired) electrons. The predicted octanol–water partition coefficient (Wildman–Crippen LogP) is 3.27. The third-order valence-corrected chi connectivity index (χ3v) is 9.05. The Bertz CT molecular complexity index is 1080. The maximum absolute atomic E-state index is 13.3. The van der Waals surface area contributed by atoms with E-state index >= 15 is 0 Å². The number of hydrogen-bond donors (Lipinski definition) is 4. The molecule has 0 spiro atoms. The standard InChI is InChI=1S/C30H49N3O7S/c1-6-41(38,39)18-17-26(34)24(19-22-13-9-7-10-14-22)32-27(35)21(2)31-28(36)25(20-23-15-11-8-12-16-23)33-29(37)40-30(3,4)5/h8,11-12,15-16,21-22,24-26,34H,6-7,9-10,13-14,17-20H2,1-5H3,(H,31,36)(H,32,35)(H,33,37)/t21-,24-,25-,26-/m0/s1. The number of nitrogens with one attached hydrogen (secondary N) is 3. The van der Waals surface area contributed by atoms with E-state index in [-0.39, 0.29) is 24.3 Å². The molecule has 0 aromatic heterocycles. The van der Waals surface area contributed by atoms with Gasteiger partial charge in [-0.15, -0.1) is 0 Å². The molecular weight excluding hydrogens is 546 g/mol. The zero-order chi connectivity index (χ0) is 30.6. The van der Waals surface area contributed by atoms with Gasteiger partial charge in [0.05, 0.1) is 17.9 Å². The van der Waals surface area contributed by atoms with Crippen LogP contribution in [0.15, 0.2) is 30.3 Å². The lowest BCUT2D eigenvalue weighted by atomic mass is 9.83. The van der Waals surface area contributed by atoms with Crippen LogP contribution in [0.1, 0.15) is 85.1 Å². The van der Waals surface area contributed by atoms with E-state index in [1.807, 2.05) is 30.3 Å². The molecule has 1 aromatic carbocycles. The van der Waals surface area contributed by atoms with Crippen molar-refractivity contribution in [3.63, 3.8) is 0 Å². The lowest BCUT2D eigenvalue weighted by molar-refractivity contribution is -0.130. The Labute approximate surface area is 245 Å². The number of aliphatic hydroxyl groups is 1. The molecule has 4 atom stereocenters. The van der Waals surface area contributed by atoms with Crippen LogP contribution in [0.4, 0.5) is 4.79 Å². The van der Waals surface area contributed by atoms with E-state index < -0.39 is 57.6 Å². The number of carbonyl (C=O) groups excluding carboxylic acids is 3. The number of alkyl carbamates (subject to hydrolysis) is 1. The van der Waals surface area contributed by atoms with Gasteiger partial charge in [-0.3, -0.25) is 9.59 Å². The molecule has 232 valence electrons. The highest BCUT2D eigenvalue weighted by Crippen LogP contribution is 2.28. The van der Waals surface area contributed by atoms with Crippen LogP contribution in [0.2, 0.25) is 0 Å². The summed E-state index contributed by atoms with van der Waals surface area (Å²) in [6.07, 6.45) is 4.30. The molecule has 41 heavy (non-hydrogen) atoms. The van der Waals surface area contributed by atoms with Gasteiger partial charge in [-0.2, -0.15) is 0 Å². The molecule has 1 aromatic rings. The molecule has 1 saturated carbocycles. The first-order chi connectivity index (χ1) is 19.2. The van der Waals surface area contributed by atoms with Crippen LogP contribution in [0.3, 0.4) is 0 Å². The van der Waals surface area contributed by atoms with Gasteiger partial charge in [0, 0.05) is 12.2 Å². The summed E-state index contributed by atoms with van der Waals surface area (Å²) in [5.41, 5.74) is 0.0638. The van der Waals surface area contributed by atoms with Crippen LogP contribution >= 0.6 is 0 Å². The van der Waals surface area contributed by atoms with Crippen molar-refractivity contribution in [2.24, 2.45) is 5.92 Å². The largest absolute Gasteiger partial charge is 0.444 e. The van der Waals surface area contributed by atoms with Gasteiger partial charge in [-0.05, 0) is 52.0 Å². The fourth-order valence-corrected chi connectivity index (χ4v) is 5.83. The molecule has 0 unspecified atom stereocenters. The highest BCUT2D eigenvalue weighted by Gasteiger charge is 2.31. The fraction of sp³-hybridized carbons (Fsp3) is 0.700. The van der Waals surface area contributed by atoms with E-state index in [1.165, 1.54) is 6.92 Å². The molecular formula is C30H49N3O7S. The van der Waals surface area contributed by atoms with E-state index in [4.69, 9.17) is 4.74 Å². The molecule has 0 saturated heterocycles. The lowest BCUT2D eigenvalue weighted by Crippen LogP contribution is -2.56. The van der Waals surface area contributed by atoms with Crippen LogP contribution in [0.25, 0.3) is 0 Å². The number of amides is 3. The predicted molar refractivity (Wildman–Crippen MR) is 159 cm³/mol. The SMILES string of the molecule is CCS(=O)(=O)CC[C@H](O)[C@H](CC1CCCCC1)NC(=O)[C@H](C)NC(=O)[C@H](Cc1ccccc1)NC(=O)OC(C)(C)C. The zero-order valence-corrected chi connectivity index (χ0v) is 26.0. The first-order valence-corrected chi connectivity index (χ1v) is 16.5. The number of carbonyl (C=O) groups is 3. The average molecular weight is 596 g/mol. The number of rotatable bonds is 14. The molecule has 1 aliphatic carbocycles. The monoisotopic (exact) mass is 595 g/mol. The molecule has 11 heteroatoms. The first-order valence-electron chi connectivity index (χ1n) is 14.7. The van der Waals surface area contributed by atoms with Crippen molar-refractivity contribution in [1.82, 2.24) is 16.0 Å². The van der Waals surface area contributed by atoms with Gasteiger partial charge in [-0.1, -0.05) is 69.4 Å². The highest BCUT2D eigenvalue weighted by molar-refractivity contribution is 7.91. The second kappa shape index (κ2) is 16.1. The van der Waals surface area contributed by atoms with Gasteiger partial charge in [-0.25, -0.2) is 13.2 Å². The summed E-state index contributed by atoms with van der Waals surface area (Å²) in [7, 11) is -3.27. The molecule has 1 aliphatic rings. The summed E-state index contributed by atoms with van der Waals surface area (Å²) in [5, 5.41) is 19.1. The van der Waals surface area contributed by atoms with Crippen LogP contribution in [-0.2, 0) is 30.6 Å². The van der Waals surface area contributed by atoms with Crippen molar-refractivity contribution in [2.75, 3.05) is 11.5 Å². The number of hydrogen-bond acceptors (Lipinski definition) is 7. The second-order valence-electron chi connectivity index (χ2n) is 12.1. The van der Waals surface area contributed by atoms with Crippen LogP contribution in [-0.4, -0.2) is 72.8 Å². The Hall–Kier alpha value is -2.66. The van der Waals surface area contributed by atoms with E-state index in [0.717, 1.165) is 37.7 Å². The van der Waals surface area contributed by atoms with Crippen molar-refractivity contribution >= 4 is 27.7 Å². The van der Waals surface area contributed by atoms with Crippen LogP contribution < -0.4 is 16.0 Å². The van der Waals surface area contributed by atoms with Crippen molar-refractivity contribution < 1.29 is 32.6 Å². The third-order valence-electron chi connectivity index (χ3n) is 7.31. The van der Waals surface area contributed by atoms with Crippen molar-refractivity contribution in [3.05, 3.63) is 35.9 Å². The molecule has 3 amide bonds. The second-order valence-corrected chi connectivity index (χ2v) is 14.5. The van der Waals surface area contributed by atoms with E-state index in [0.29, 0.717) is 12.3 Å². The highest BCUT2D eigenvalue weighted by atomic mass is 32.2. The van der Waals surface area contributed by atoms with Gasteiger partial charge >= 0.3 is 6.09 Å². The van der Waals surface area contributed by atoms with E-state index in [1.54, 1.807) is 27.7 Å². The third kappa shape index (κ3) is 13.2. The van der Waals surface area contributed by atoms with Gasteiger partial charge < -0.3 is 25.8 Å². The fourth-order valence-electron chi connectivity index (χ4n) is 4.94. The topological polar surface area (TPSA) is 151 Å². The molecule has 2 rings (SSSR count). The molecule has 0 aliphatic heterocycles. The normalized spacial score (nSPS) is 17.5. The van der Waals surface area contributed by atoms with Crippen molar-refractivity contribution in [3.8, 4) is 0 Å². The smallest absolute Gasteiger partial charge is 0.408 e. The number of benzene rings is 1. The first kappa shape index (κ1) is 34.5. The summed E-state index contributed by atoms with van der Waals surface area (Å²) < 4.78 is 29.4. The lowest BCUT2D eigenvalue weighted by Gasteiger charge is -2.31. The van der Waals surface area contributed by atoms with Crippen molar-refractivity contribution in [1.29, 1.82) is 0 Å². The Kier molecular flexibility index (Phi) is 13.6. The average Bonchev–Trinajstić information content (AvgIpc) is 2.91. The van der Waals surface area contributed by atoms with E-state index in [2.05, 4.69) is 16.0 Å². The summed E-state index contributed by atoms with van der Waals surface area (Å²) in [5.74, 6) is -0.896. The van der Waals surface area contributed by atoms with Gasteiger partial charge in [0.25, 0.3) is 0 Å². The minimum absolute atomic E-state index is 0.0100. The van der Waals surface area contributed by atoms with Crippen LogP contribution in [0.5, 0.6) is 0 Å².